The maximum absolute atomic E-state index is 13.1. The van der Waals surface area contributed by atoms with E-state index in [1.165, 1.54) is 23.9 Å². The van der Waals surface area contributed by atoms with Gasteiger partial charge in [0.25, 0.3) is 11.8 Å². The zero-order chi connectivity index (χ0) is 25.4. The van der Waals surface area contributed by atoms with E-state index in [2.05, 4.69) is 0 Å². The molecule has 0 spiro atoms. The van der Waals surface area contributed by atoms with Crippen LogP contribution in [0.3, 0.4) is 0 Å². The molecule has 2 amide bonds. The van der Waals surface area contributed by atoms with Crippen LogP contribution in [0.25, 0.3) is 0 Å². The highest BCUT2D eigenvalue weighted by atomic mass is 32.2. The number of carbonyl (C=O) groups is 2. The Bertz CT molecular complexity index is 897. The summed E-state index contributed by atoms with van der Waals surface area (Å²) < 4.78 is 17.0. The first kappa shape index (κ1) is 26.4. The summed E-state index contributed by atoms with van der Waals surface area (Å²) in [5, 5.41) is 61.2. The Morgan fingerprint density at radius 3 is 2.03 bits per heavy atom. The number of aliphatic hydroxyl groups excluding tert-OH is 6. The third-order valence-electron chi connectivity index (χ3n) is 6.41. The van der Waals surface area contributed by atoms with Crippen molar-refractivity contribution in [1.29, 1.82) is 0 Å². The van der Waals surface area contributed by atoms with E-state index >= 15 is 0 Å². The molecule has 0 aliphatic carbocycles. The fourth-order valence-corrected chi connectivity index (χ4v) is 5.64. The minimum absolute atomic E-state index is 0.181. The van der Waals surface area contributed by atoms with Gasteiger partial charge in [-0.05, 0) is 17.9 Å². The predicted molar refractivity (Wildman–Crippen MR) is 119 cm³/mol. The molecular formula is C22H29NO11S. The Labute approximate surface area is 205 Å². The standard InChI is InChI=1S/C22H29NO11S/c1-2-35-22-13(23-19(30)9-5-3-4-6-10(9)20(23)31)15(27)18(12(8-25)33-22)34-21-17(29)16(28)14(26)11(7-24)32-21/h3-6,11-18,21-22,24-29H,2,7-8H2,1H3/t11-,12-,13-,14+,15-,16+,17-,18-,21+,22+/m1/s1. The number of hydrogen-bond donors (Lipinski definition) is 6. The molecule has 10 atom stereocenters. The molecule has 4 rings (SSSR count). The van der Waals surface area contributed by atoms with E-state index in [0.717, 1.165) is 4.90 Å². The SMILES string of the molecule is CCS[C@@H]1O[C@H](CO)[C@@H](O[C@@H]2O[C@H](CO)[C@H](O)[C@H](O)[C@H]2O)[C@H](O)[C@H]1N1C(=O)c2ccccc2C1=O. The number of ether oxygens (including phenoxy) is 3. The topological polar surface area (TPSA) is 186 Å². The second-order valence-electron chi connectivity index (χ2n) is 8.49. The van der Waals surface area contributed by atoms with E-state index in [1.807, 2.05) is 6.92 Å². The molecule has 35 heavy (non-hydrogen) atoms. The molecule has 194 valence electrons. The van der Waals surface area contributed by atoms with Crippen molar-refractivity contribution in [2.75, 3.05) is 19.0 Å². The molecule has 2 fully saturated rings. The summed E-state index contributed by atoms with van der Waals surface area (Å²) in [6, 6.07) is 5.03. The van der Waals surface area contributed by atoms with Crippen molar-refractivity contribution in [3.8, 4) is 0 Å². The Balaban J connectivity index is 1.64. The van der Waals surface area contributed by atoms with E-state index in [-0.39, 0.29) is 11.1 Å². The van der Waals surface area contributed by atoms with E-state index in [9.17, 15) is 40.2 Å². The molecule has 13 heteroatoms. The highest BCUT2D eigenvalue weighted by Crippen LogP contribution is 2.38. The molecule has 1 aromatic carbocycles. The first-order chi connectivity index (χ1) is 16.7. The van der Waals surface area contributed by atoms with Crippen molar-refractivity contribution >= 4 is 23.6 Å². The summed E-state index contributed by atoms with van der Waals surface area (Å²) in [4.78, 5) is 27.2. The average Bonchev–Trinajstić information content (AvgIpc) is 3.11. The van der Waals surface area contributed by atoms with Crippen molar-refractivity contribution in [1.82, 2.24) is 4.90 Å². The highest BCUT2D eigenvalue weighted by molar-refractivity contribution is 7.99. The quantitative estimate of drug-likeness (QED) is 0.213. The van der Waals surface area contributed by atoms with Gasteiger partial charge in [-0.2, -0.15) is 0 Å². The van der Waals surface area contributed by atoms with Crippen LogP contribution in [-0.2, 0) is 14.2 Å². The van der Waals surface area contributed by atoms with Crippen molar-refractivity contribution < 1.29 is 54.4 Å². The van der Waals surface area contributed by atoms with Crippen LogP contribution in [0.5, 0.6) is 0 Å². The summed E-state index contributed by atoms with van der Waals surface area (Å²) >= 11 is 1.22. The molecule has 2 saturated heterocycles. The van der Waals surface area contributed by atoms with Crippen molar-refractivity contribution in [2.24, 2.45) is 0 Å². The molecule has 0 radical (unpaired) electrons. The number of amides is 2. The van der Waals surface area contributed by atoms with Gasteiger partial charge >= 0.3 is 0 Å². The largest absolute Gasteiger partial charge is 0.394 e. The maximum atomic E-state index is 13.1. The van der Waals surface area contributed by atoms with Crippen molar-refractivity contribution in [2.45, 2.75) is 67.4 Å². The Morgan fingerprint density at radius 2 is 1.49 bits per heavy atom. The number of imide groups is 1. The lowest BCUT2D eigenvalue weighted by molar-refractivity contribution is -0.334. The van der Waals surface area contributed by atoms with Gasteiger partial charge in [0.2, 0.25) is 0 Å². The minimum Gasteiger partial charge on any atom is -0.394 e. The number of hydrogen-bond acceptors (Lipinski definition) is 12. The third-order valence-corrected chi connectivity index (χ3v) is 7.47. The fraction of sp³-hybridized carbons (Fsp3) is 0.636. The summed E-state index contributed by atoms with van der Waals surface area (Å²) in [6.07, 6.45) is -12.1. The van der Waals surface area contributed by atoms with Gasteiger partial charge in [0.15, 0.2) is 6.29 Å². The van der Waals surface area contributed by atoms with Crippen LogP contribution in [0, 0.1) is 0 Å². The zero-order valence-electron chi connectivity index (χ0n) is 18.8. The first-order valence-corrected chi connectivity index (χ1v) is 12.3. The van der Waals surface area contributed by atoms with Gasteiger partial charge in [-0.1, -0.05) is 19.1 Å². The Morgan fingerprint density at radius 1 is 0.886 bits per heavy atom. The highest BCUT2D eigenvalue weighted by Gasteiger charge is 2.55. The molecule has 6 N–H and O–H groups in total. The van der Waals surface area contributed by atoms with E-state index in [4.69, 9.17) is 14.2 Å². The van der Waals surface area contributed by atoms with Crippen LogP contribution in [0.4, 0.5) is 0 Å². The third kappa shape index (κ3) is 4.62. The van der Waals surface area contributed by atoms with Gasteiger partial charge in [0.1, 0.15) is 54.2 Å². The van der Waals surface area contributed by atoms with Crippen LogP contribution in [0.2, 0.25) is 0 Å². The maximum Gasteiger partial charge on any atom is 0.262 e. The van der Waals surface area contributed by atoms with E-state index < -0.39 is 85.5 Å². The number of aliphatic hydroxyl groups is 6. The van der Waals surface area contributed by atoms with Gasteiger partial charge in [0, 0.05) is 0 Å². The molecule has 3 aliphatic rings. The minimum atomic E-state index is -1.76. The van der Waals surface area contributed by atoms with Crippen molar-refractivity contribution in [3.63, 3.8) is 0 Å². The Kier molecular flexibility index (Phi) is 8.12. The molecule has 0 aromatic heterocycles. The van der Waals surface area contributed by atoms with Gasteiger partial charge < -0.3 is 44.8 Å². The second-order valence-corrected chi connectivity index (χ2v) is 9.86. The smallest absolute Gasteiger partial charge is 0.262 e. The number of benzene rings is 1. The molecule has 0 unspecified atom stereocenters. The Hall–Kier alpha value is -1.65. The van der Waals surface area contributed by atoms with Gasteiger partial charge in [-0.25, -0.2) is 0 Å². The van der Waals surface area contributed by atoms with Gasteiger partial charge in [0.05, 0.1) is 24.3 Å². The van der Waals surface area contributed by atoms with Crippen LogP contribution < -0.4 is 0 Å². The van der Waals surface area contributed by atoms with Crippen LogP contribution in [0.15, 0.2) is 24.3 Å². The summed E-state index contributed by atoms with van der Waals surface area (Å²) in [7, 11) is 0. The number of nitrogens with zero attached hydrogens (tertiary/aromatic N) is 1. The molecule has 12 nitrogen and oxygen atoms in total. The van der Waals surface area contributed by atoms with E-state index in [0.29, 0.717) is 5.75 Å². The zero-order valence-corrected chi connectivity index (χ0v) is 19.6. The second kappa shape index (κ2) is 10.8. The molecule has 3 aliphatic heterocycles. The first-order valence-electron chi connectivity index (χ1n) is 11.2. The van der Waals surface area contributed by atoms with Crippen LogP contribution in [0.1, 0.15) is 27.6 Å². The van der Waals surface area contributed by atoms with Crippen molar-refractivity contribution in [3.05, 3.63) is 35.4 Å². The van der Waals surface area contributed by atoms with E-state index in [1.54, 1.807) is 12.1 Å². The predicted octanol–water partition coefficient (Wildman–Crippen LogP) is -2.33. The van der Waals surface area contributed by atoms with Gasteiger partial charge in [-0.15, -0.1) is 11.8 Å². The molecule has 1 aromatic rings. The number of fused-ring (bicyclic) bond motifs is 1. The lowest BCUT2D eigenvalue weighted by Crippen LogP contribution is -2.67. The average molecular weight is 516 g/mol. The molecule has 0 saturated carbocycles. The molecular weight excluding hydrogens is 486 g/mol. The van der Waals surface area contributed by atoms with Gasteiger partial charge in [-0.3, -0.25) is 14.5 Å². The lowest BCUT2D eigenvalue weighted by Gasteiger charge is -2.48. The number of carbonyl (C=O) groups excluding carboxylic acids is 2. The number of rotatable bonds is 7. The van der Waals surface area contributed by atoms with Crippen LogP contribution in [-0.4, -0.2) is 127 Å². The fourth-order valence-electron chi connectivity index (χ4n) is 4.61. The summed E-state index contributed by atoms with van der Waals surface area (Å²) in [6.45, 7) is 0.518. The van der Waals surface area contributed by atoms with Crippen LogP contribution >= 0.6 is 11.8 Å². The molecule has 3 heterocycles. The molecule has 0 bridgehead atoms. The summed E-state index contributed by atoms with van der Waals surface area (Å²) in [5.74, 6) is -0.726. The lowest BCUT2D eigenvalue weighted by atomic mass is 9.95. The monoisotopic (exact) mass is 515 g/mol. The normalized spacial score (nSPS) is 39.7. The summed E-state index contributed by atoms with van der Waals surface area (Å²) in [5.41, 5.74) is -0.537. The number of thioether (sulfide) groups is 1.